The molecule has 6 nitrogen and oxygen atoms in total. The minimum Gasteiger partial charge on any atom is -0.324 e. The van der Waals surface area contributed by atoms with Gasteiger partial charge in [-0.25, -0.2) is 9.18 Å². The zero-order chi connectivity index (χ0) is 17.4. The zero-order valence-electron chi connectivity index (χ0n) is 13.0. The lowest BCUT2D eigenvalue weighted by molar-refractivity contribution is -0.116. The summed E-state index contributed by atoms with van der Waals surface area (Å²) in [5, 5.41) is 4.35. The summed E-state index contributed by atoms with van der Waals surface area (Å²) in [6, 6.07) is 5.66. The van der Waals surface area contributed by atoms with Gasteiger partial charge in [-0.3, -0.25) is 18.7 Å². The number of hydrogen-bond donors (Lipinski definition) is 1. The summed E-state index contributed by atoms with van der Waals surface area (Å²) >= 11 is 1.22. The monoisotopic (exact) mass is 347 g/mol. The van der Waals surface area contributed by atoms with Crippen LogP contribution in [0.1, 0.15) is 5.56 Å². The number of amides is 1. The van der Waals surface area contributed by atoms with Crippen LogP contribution < -0.4 is 16.6 Å². The highest BCUT2D eigenvalue weighted by Gasteiger charge is 2.15. The standard InChI is InChI=1S/C16H14FN3O3S/c1-9-7-10(17)3-4-11(9)18-13(21)8-20-12-5-6-24-14(12)15(22)19(2)16(20)23/h3-7H,8H2,1-2H3,(H,18,21). The molecule has 24 heavy (non-hydrogen) atoms. The maximum absolute atomic E-state index is 13.1. The van der Waals surface area contributed by atoms with Gasteiger partial charge < -0.3 is 5.32 Å². The average Bonchev–Trinajstić information content (AvgIpc) is 3.02. The molecule has 0 aliphatic carbocycles. The molecule has 0 saturated heterocycles. The van der Waals surface area contributed by atoms with E-state index < -0.39 is 11.6 Å². The minimum absolute atomic E-state index is 0.239. The Balaban J connectivity index is 1.95. The van der Waals surface area contributed by atoms with Crippen LogP contribution in [0.2, 0.25) is 0 Å². The van der Waals surface area contributed by atoms with Gasteiger partial charge in [-0.2, -0.15) is 0 Å². The molecule has 0 radical (unpaired) electrons. The van der Waals surface area contributed by atoms with E-state index in [1.54, 1.807) is 18.4 Å². The van der Waals surface area contributed by atoms with Crippen molar-refractivity contribution >= 4 is 33.1 Å². The zero-order valence-corrected chi connectivity index (χ0v) is 13.8. The number of carbonyl (C=O) groups excluding carboxylic acids is 1. The lowest BCUT2D eigenvalue weighted by atomic mass is 10.2. The van der Waals surface area contributed by atoms with E-state index in [1.807, 2.05) is 0 Å². The Kier molecular flexibility index (Phi) is 4.06. The Morgan fingerprint density at radius 1 is 1.29 bits per heavy atom. The quantitative estimate of drug-likeness (QED) is 0.786. The van der Waals surface area contributed by atoms with E-state index in [0.29, 0.717) is 21.5 Å². The number of aromatic nitrogens is 2. The first-order valence-electron chi connectivity index (χ1n) is 7.11. The van der Waals surface area contributed by atoms with Crippen molar-refractivity contribution < 1.29 is 9.18 Å². The van der Waals surface area contributed by atoms with Crippen molar-refractivity contribution in [2.24, 2.45) is 7.05 Å². The molecule has 2 aromatic heterocycles. The van der Waals surface area contributed by atoms with Crippen molar-refractivity contribution in [3.05, 3.63) is 61.9 Å². The lowest BCUT2D eigenvalue weighted by Gasteiger charge is -2.11. The topological polar surface area (TPSA) is 73.1 Å². The van der Waals surface area contributed by atoms with Crippen LogP contribution >= 0.6 is 11.3 Å². The fourth-order valence-corrected chi connectivity index (χ4v) is 3.32. The van der Waals surface area contributed by atoms with E-state index in [2.05, 4.69) is 5.32 Å². The second kappa shape index (κ2) is 6.04. The van der Waals surface area contributed by atoms with E-state index in [1.165, 1.54) is 41.2 Å². The molecule has 0 fully saturated rings. The molecule has 124 valence electrons. The van der Waals surface area contributed by atoms with Gasteiger partial charge in [-0.15, -0.1) is 11.3 Å². The Labute approximate surface area is 139 Å². The van der Waals surface area contributed by atoms with Crippen molar-refractivity contribution in [3.8, 4) is 0 Å². The van der Waals surface area contributed by atoms with Gasteiger partial charge in [0.1, 0.15) is 17.1 Å². The number of fused-ring (bicyclic) bond motifs is 1. The van der Waals surface area contributed by atoms with Gasteiger partial charge in [0.2, 0.25) is 5.91 Å². The van der Waals surface area contributed by atoms with Crippen LogP contribution in [-0.2, 0) is 18.4 Å². The maximum atomic E-state index is 13.1. The van der Waals surface area contributed by atoms with Crippen LogP contribution in [-0.4, -0.2) is 15.0 Å². The molecule has 3 aromatic rings. The largest absolute Gasteiger partial charge is 0.331 e. The number of carbonyl (C=O) groups is 1. The second-order valence-electron chi connectivity index (χ2n) is 5.38. The number of thiophene rings is 1. The van der Waals surface area contributed by atoms with E-state index in [0.717, 1.165) is 4.57 Å². The molecule has 2 heterocycles. The molecule has 0 bridgehead atoms. The third kappa shape index (κ3) is 2.76. The summed E-state index contributed by atoms with van der Waals surface area (Å²) in [7, 11) is 1.38. The summed E-state index contributed by atoms with van der Waals surface area (Å²) < 4.78 is 15.8. The summed E-state index contributed by atoms with van der Waals surface area (Å²) in [5.74, 6) is -0.822. The molecule has 3 rings (SSSR count). The smallest absolute Gasteiger partial charge is 0.324 e. The highest BCUT2D eigenvalue weighted by Crippen LogP contribution is 2.17. The number of nitrogens with one attached hydrogen (secondary N) is 1. The van der Waals surface area contributed by atoms with E-state index >= 15 is 0 Å². The van der Waals surface area contributed by atoms with Gasteiger partial charge in [0.05, 0.1) is 5.52 Å². The third-order valence-electron chi connectivity index (χ3n) is 3.72. The SMILES string of the molecule is Cc1cc(F)ccc1NC(=O)Cn1c(=O)n(C)c(=O)c2sccc21. The van der Waals surface area contributed by atoms with Crippen LogP contribution in [0.4, 0.5) is 10.1 Å². The van der Waals surface area contributed by atoms with Crippen molar-refractivity contribution in [3.63, 3.8) is 0 Å². The molecule has 1 N–H and O–H groups in total. The van der Waals surface area contributed by atoms with Gasteiger partial charge in [0.15, 0.2) is 0 Å². The first-order valence-corrected chi connectivity index (χ1v) is 7.99. The third-order valence-corrected chi connectivity index (χ3v) is 4.61. The van der Waals surface area contributed by atoms with Gasteiger partial charge in [-0.05, 0) is 42.1 Å². The molecule has 0 spiro atoms. The van der Waals surface area contributed by atoms with Gasteiger partial charge in [0, 0.05) is 12.7 Å². The number of anilines is 1. The molecular weight excluding hydrogens is 333 g/mol. The summed E-state index contributed by atoms with van der Waals surface area (Å²) in [6.07, 6.45) is 0. The first kappa shape index (κ1) is 16.1. The number of rotatable bonds is 3. The van der Waals surface area contributed by atoms with E-state index in [-0.39, 0.29) is 17.9 Å². The van der Waals surface area contributed by atoms with Gasteiger partial charge in [-0.1, -0.05) is 0 Å². The van der Waals surface area contributed by atoms with E-state index in [9.17, 15) is 18.8 Å². The number of hydrogen-bond acceptors (Lipinski definition) is 4. The van der Waals surface area contributed by atoms with Crippen molar-refractivity contribution in [2.45, 2.75) is 13.5 Å². The number of aryl methyl sites for hydroxylation is 1. The Bertz CT molecular complexity index is 1060. The summed E-state index contributed by atoms with van der Waals surface area (Å²) in [4.78, 5) is 36.6. The average molecular weight is 347 g/mol. The Morgan fingerprint density at radius 3 is 2.75 bits per heavy atom. The second-order valence-corrected chi connectivity index (χ2v) is 6.29. The van der Waals surface area contributed by atoms with Crippen LogP contribution in [0.5, 0.6) is 0 Å². The number of halogens is 1. The molecule has 1 amide bonds. The number of nitrogens with zero attached hydrogens (tertiary/aromatic N) is 2. The highest BCUT2D eigenvalue weighted by atomic mass is 32.1. The van der Waals surface area contributed by atoms with Crippen molar-refractivity contribution in [1.29, 1.82) is 0 Å². The molecule has 0 atom stereocenters. The van der Waals surface area contributed by atoms with Gasteiger partial charge in [0.25, 0.3) is 5.56 Å². The first-order chi connectivity index (χ1) is 11.4. The minimum atomic E-state index is -0.558. The Hall–Kier alpha value is -2.74. The van der Waals surface area contributed by atoms with Crippen LogP contribution in [0, 0.1) is 12.7 Å². The van der Waals surface area contributed by atoms with Crippen LogP contribution in [0.3, 0.4) is 0 Å². The van der Waals surface area contributed by atoms with Crippen LogP contribution in [0.25, 0.3) is 10.2 Å². The molecule has 0 saturated carbocycles. The number of benzene rings is 1. The summed E-state index contributed by atoms with van der Waals surface area (Å²) in [5.41, 5.74) is 0.546. The maximum Gasteiger partial charge on any atom is 0.331 e. The van der Waals surface area contributed by atoms with E-state index in [4.69, 9.17) is 0 Å². The normalized spacial score (nSPS) is 11.0. The fraction of sp³-hybridized carbons (Fsp3) is 0.188. The molecule has 8 heteroatoms. The predicted molar refractivity (Wildman–Crippen MR) is 91.1 cm³/mol. The van der Waals surface area contributed by atoms with Gasteiger partial charge >= 0.3 is 5.69 Å². The Morgan fingerprint density at radius 2 is 2.04 bits per heavy atom. The molecule has 0 aliphatic heterocycles. The molecule has 0 unspecified atom stereocenters. The van der Waals surface area contributed by atoms with Crippen molar-refractivity contribution in [1.82, 2.24) is 9.13 Å². The molecule has 0 aliphatic rings. The highest BCUT2D eigenvalue weighted by molar-refractivity contribution is 7.17. The van der Waals surface area contributed by atoms with Crippen LogP contribution in [0.15, 0.2) is 39.2 Å². The molecule has 1 aromatic carbocycles. The predicted octanol–water partition coefficient (Wildman–Crippen LogP) is 1.85. The lowest BCUT2D eigenvalue weighted by Crippen LogP contribution is -2.39. The van der Waals surface area contributed by atoms with Crippen molar-refractivity contribution in [2.75, 3.05) is 5.32 Å². The summed E-state index contributed by atoms with van der Waals surface area (Å²) in [6.45, 7) is 1.44. The fourth-order valence-electron chi connectivity index (χ4n) is 2.45. The molecular formula is C16H14FN3O3S.